The van der Waals surface area contributed by atoms with Crippen molar-refractivity contribution in [1.82, 2.24) is 5.32 Å². The molecule has 4 heteroatoms. The first-order valence-electron chi connectivity index (χ1n) is 4.14. The Hall–Kier alpha value is -1.50. The number of carbonyl (C=O) groups excluding carboxylic acids is 2. The summed E-state index contributed by atoms with van der Waals surface area (Å²) in [6.07, 6.45) is 5.69. The van der Waals surface area contributed by atoms with E-state index >= 15 is 0 Å². The number of nitrogens with one attached hydrogen (secondary N) is 1. The van der Waals surface area contributed by atoms with Crippen molar-refractivity contribution in [3.8, 4) is 12.3 Å². The molecule has 70 valence electrons. The van der Waals surface area contributed by atoms with Gasteiger partial charge in [0.25, 0.3) is 5.91 Å². The van der Waals surface area contributed by atoms with Gasteiger partial charge in [0.1, 0.15) is 0 Å². The molecular formula is C9H11NO3. The van der Waals surface area contributed by atoms with Crippen molar-refractivity contribution in [2.75, 3.05) is 6.54 Å². The fourth-order valence-electron chi connectivity index (χ4n) is 1.08. The van der Waals surface area contributed by atoms with Gasteiger partial charge in [-0.2, -0.15) is 0 Å². The molecule has 1 saturated heterocycles. The second kappa shape index (κ2) is 4.51. The average molecular weight is 181 g/mol. The van der Waals surface area contributed by atoms with Crippen LogP contribution in [-0.4, -0.2) is 24.5 Å². The molecule has 1 aliphatic heterocycles. The Morgan fingerprint density at radius 1 is 1.77 bits per heavy atom. The third-order valence-corrected chi connectivity index (χ3v) is 1.75. The zero-order chi connectivity index (χ0) is 9.68. The highest BCUT2D eigenvalue weighted by molar-refractivity contribution is 5.86. The first kappa shape index (κ1) is 9.59. The van der Waals surface area contributed by atoms with Crippen LogP contribution in [-0.2, 0) is 14.3 Å². The van der Waals surface area contributed by atoms with Gasteiger partial charge in [-0.25, -0.2) is 0 Å². The highest BCUT2D eigenvalue weighted by Crippen LogP contribution is 2.13. The first-order valence-corrected chi connectivity index (χ1v) is 4.14. The first-order chi connectivity index (χ1) is 6.24. The summed E-state index contributed by atoms with van der Waals surface area (Å²) >= 11 is 0. The number of ether oxygens (including phenoxy) is 1. The molecule has 13 heavy (non-hydrogen) atoms. The van der Waals surface area contributed by atoms with E-state index in [9.17, 15) is 9.59 Å². The number of cyclic esters (lactones) is 1. The van der Waals surface area contributed by atoms with Crippen molar-refractivity contribution >= 4 is 11.9 Å². The van der Waals surface area contributed by atoms with E-state index in [0.29, 0.717) is 25.8 Å². The van der Waals surface area contributed by atoms with Crippen molar-refractivity contribution < 1.29 is 14.3 Å². The van der Waals surface area contributed by atoms with Crippen LogP contribution >= 0.6 is 0 Å². The van der Waals surface area contributed by atoms with Crippen molar-refractivity contribution in [2.45, 2.75) is 25.4 Å². The molecule has 1 aliphatic rings. The molecule has 0 aromatic rings. The van der Waals surface area contributed by atoms with Gasteiger partial charge >= 0.3 is 5.97 Å². The molecule has 1 rings (SSSR count). The molecule has 0 aliphatic carbocycles. The van der Waals surface area contributed by atoms with Crippen LogP contribution in [0.4, 0.5) is 0 Å². The Bertz CT molecular complexity index is 254. The summed E-state index contributed by atoms with van der Waals surface area (Å²) in [5.74, 6) is 1.84. The van der Waals surface area contributed by atoms with Crippen LogP contribution < -0.4 is 5.32 Å². The van der Waals surface area contributed by atoms with Crippen molar-refractivity contribution in [1.29, 1.82) is 0 Å². The third kappa shape index (κ3) is 2.79. The maximum atomic E-state index is 11.2. The number of terminal acetylenes is 1. The largest absolute Gasteiger partial charge is 0.452 e. The summed E-state index contributed by atoms with van der Waals surface area (Å²) in [5, 5.41) is 2.59. The van der Waals surface area contributed by atoms with Gasteiger partial charge in [0.2, 0.25) is 0 Å². The number of hydrogen-bond acceptors (Lipinski definition) is 3. The van der Waals surface area contributed by atoms with E-state index in [1.54, 1.807) is 0 Å². The Balaban J connectivity index is 2.24. The van der Waals surface area contributed by atoms with Crippen LogP contribution in [0.15, 0.2) is 0 Å². The quantitative estimate of drug-likeness (QED) is 0.373. The molecule has 0 spiro atoms. The Kier molecular flexibility index (Phi) is 3.32. The molecule has 4 nitrogen and oxygen atoms in total. The molecule has 0 aromatic heterocycles. The fourth-order valence-corrected chi connectivity index (χ4v) is 1.08. The van der Waals surface area contributed by atoms with E-state index in [-0.39, 0.29) is 11.9 Å². The zero-order valence-electron chi connectivity index (χ0n) is 7.21. The lowest BCUT2D eigenvalue weighted by atomic mass is 10.2. The number of carbonyl (C=O) groups is 2. The monoisotopic (exact) mass is 181 g/mol. The summed E-state index contributed by atoms with van der Waals surface area (Å²) in [7, 11) is 0. The van der Waals surface area contributed by atoms with Crippen LogP contribution in [0.5, 0.6) is 0 Å². The minimum absolute atomic E-state index is 0.249. The molecule has 0 bridgehead atoms. The van der Waals surface area contributed by atoms with Gasteiger partial charge in [-0.1, -0.05) is 0 Å². The standard InChI is InChI=1S/C9H11NO3/c1-2-3-6-10-9(12)7-4-5-8(11)13-7/h1,7H,3-6H2,(H,10,12). The van der Waals surface area contributed by atoms with Gasteiger partial charge in [0.05, 0.1) is 0 Å². The third-order valence-electron chi connectivity index (χ3n) is 1.75. The van der Waals surface area contributed by atoms with Gasteiger partial charge in [-0.05, 0) is 0 Å². The summed E-state index contributed by atoms with van der Waals surface area (Å²) < 4.78 is 4.75. The van der Waals surface area contributed by atoms with Crippen molar-refractivity contribution in [2.24, 2.45) is 0 Å². The van der Waals surface area contributed by atoms with Gasteiger partial charge in [-0.15, -0.1) is 12.3 Å². The number of rotatable bonds is 3. The number of hydrogen-bond donors (Lipinski definition) is 1. The second-order valence-electron chi connectivity index (χ2n) is 2.76. The normalized spacial score (nSPS) is 20.5. The molecule has 1 atom stereocenters. The minimum atomic E-state index is -0.606. The van der Waals surface area contributed by atoms with Crippen LogP contribution in [0.2, 0.25) is 0 Å². The molecule has 0 radical (unpaired) electrons. The van der Waals surface area contributed by atoms with Gasteiger partial charge in [0.15, 0.2) is 6.10 Å². The van der Waals surface area contributed by atoms with E-state index in [2.05, 4.69) is 11.2 Å². The lowest BCUT2D eigenvalue weighted by Gasteiger charge is -2.08. The molecule has 1 amide bonds. The van der Waals surface area contributed by atoms with E-state index in [1.165, 1.54) is 0 Å². The highest BCUT2D eigenvalue weighted by atomic mass is 16.6. The smallest absolute Gasteiger partial charge is 0.306 e. The average Bonchev–Trinajstić information content (AvgIpc) is 2.52. The SMILES string of the molecule is C#CCCNC(=O)C1CCC(=O)O1. The molecule has 1 heterocycles. The zero-order valence-corrected chi connectivity index (χ0v) is 7.21. The molecule has 0 saturated carbocycles. The Labute approximate surface area is 76.6 Å². The van der Waals surface area contributed by atoms with Gasteiger partial charge < -0.3 is 10.1 Å². The number of esters is 1. The maximum Gasteiger partial charge on any atom is 0.306 e. The number of amides is 1. The molecule has 0 aromatic carbocycles. The van der Waals surface area contributed by atoms with Gasteiger partial charge in [0, 0.05) is 25.8 Å². The van der Waals surface area contributed by atoms with Crippen LogP contribution in [0.1, 0.15) is 19.3 Å². The van der Waals surface area contributed by atoms with E-state index < -0.39 is 6.10 Å². The van der Waals surface area contributed by atoms with E-state index in [4.69, 9.17) is 11.2 Å². The summed E-state index contributed by atoms with van der Waals surface area (Å²) in [6.45, 7) is 0.434. The Morgan fingerprint density at radius 2 is 2.54 bits per heavy atom. The molecule has 1 fully saturated rings. The molecular weight excluding hydrogens is 170 g/mol. The van der Waals surface area contributed by atoms with E-state index in [0.717, 1.165) is 0 Å². The predicted molar refractivity (Wildman–Crippen MR) is 45.6 cm³/mol. The topological polar surface area (TPSA) is 55.4 Å². The highest BCUT2D eigenvalue weighted by Gasteiger charge is 2.29. The van der Waals surface area contributed by atoms with Gasteiger partial charge in [-0.3, -0.25) is 9.59 Å². The van der Waals surface area contributed by atoms with Crippen LogP contribution in [0.3, 0.4) is 0 Å². The van der Waals surface area contributed by atoms with Crippen LogP contribution in [0.25, 0.3) is 0 Å². The predicted octanol–water partition coefficient (Wildman–Crippen LogP) is -0.169. The lowest BCUT2D eigenvalue weighted by molar-refractivity contribution is -0.148. The Morgan fingerprint density at radius 3 is 3.08 bits per heavy atom. The van der Waals surface area contributed by atoms with E-state index in [1.807, 2.05) is 0 Å². The maximum absolute atomic E-state index is 11.2. The molecule has 1 N–H and O–H groups in total. The fraction of sp³-hybridized carbons (Fsp3) is 0.556. The summed E-state index contributed by atoms with van der Waals surface area (Å²) in [6, 6.07) is 0. The molecule has 1 unspecified atom stereocenters. The summed E-state index contributed by atoms with van der Waals surface area (Å²) in [5.41, 5.74) is 0. The van der Waals surface area contributed by atoms with Crippen molar-refractivity contribution in [3.05, 3.63) is 0 Å². The minimum Gasteiger partial charge on any atom is -0.452 e. The lowest BCUT2D eigenvalue weighted by Crippen LogP contribution is -2.34. The van der Waals surface area contributed by atoms with Crippen LogP contribution in [0, 0.1) is 12.3 Å². The summed E-state index contributed by atoms with van der Waals surface area (Å²) in [4.78, 5) is 21.9. The van der Waals surface area contributed by atoms with Crippen molar-refractivity contribution in [3.63, 3.8) is 0 Å². The second-order valence-corrected chi connectivity index (χ2v) is 2.76.